The van der Waals surface area contributed by atoms with Crippen LogP contribution in [0.5, 0.6) is 0 Å². The standard InChI is InChI=1S/C34H40FN7O14/c35-21-4-2-1-3-19(21)16-25(39-27(44)17-37-32(52)23(10-13-29(47)48)38-26(43)11-14-30(49)50)34(54)41-24(15-18-5-7-20(8-6-18)42(55)56)33(53)40-22(31(36)51)9-12-28(45)46/h1-8,22-25H,9-17H2,(H2,36,51)(H,37,52)(H,38,43)(H,39,44)(H,40,53)(H,41,54)(H,45,46)(H,47,48)(H,49,50)/t22-,23-,24-,25-/m0/s1. The van der Waals surface area contributed by atoms with Crippen molar-refractivity contribution in [3.05, 3.63) is 75.6 Å². The van der Waals surface area contributed by atoms with Crippen LogP contribution < -0.4 is 32.3 Å². The number of nitro groups is 1. The smallest absolute Gasteiger partial charge is 0.303 e. The van der Waals surface area contributed by atoms with E-state index in [2.05, 4.69) is 26.6 Å². The third-order valence-corrected chi connectivity index (χ3v) is 7.85. The number of nitrogens with zero attached hydrogens (tertiary/aromatic N) is 1. The number of carboxylic acid groups (broad SMARTS) is 3. The summed E-state index contributed by atoms with van der Waals surface area (Å²) in [4.78, 5) is 121. The molecular formula is C34H40FN7O14. The summed E-state index contributed by atoms with van der Waals surface area (Å²) in [6.07, 6.45) is -4.03. The van der Waals surface area contributed by atoms with E-state index >= 15 is 0 Å². The molecule has 0 heterocycles. The lowest BCUT2D eigenvalue weighted by molar-refractivity contribution is -0.384. The Morgan fingerprint density at radius 1 is 0.643 bits per heavy atom. The number of carboxylic acids is 3. The van der Waals surface area contributed by atoms with Crippen molar-refractivity contribution < 1.29 is 67.8 Å². The Bertz CT molecular complexity index is 1810. The zero-order valence-electron chi connectivity index (χ0n) is 29.5. The monoisotopic (exact) mass is 789 g/mol. The van der Waals surface area contributed by atoms with Crippen LogP contribution in [0.3, 0.4) is 0 Å². The van der Waals surface area contributed by atoms with E-state index in [4.69, 9.17) is 21.1 Å². The van der Waals surface area contributed by atoms with Gasteiger partial charge < -0.3 is 47.6 Å². The Balaban J connectivity index is 2.35. The lowest BCUT2D eigenvalue weighted by Gasteiger charge is -2.25. The predicted molar refractivity (Wildman–Crippen MR) is 187 cm³/mol. The summed E-state index contributed by atoms with van der Waals surface area (Å²) in [6.45, 7) is -0.870. The van der Waals surface area contributed by atoms with Crippen molar-refractivity contribution in [1.29, 1.82) is 0 Å². The molecule has 0 fully saturated rings. The molecule has 0 spiro atoms. The van der Waals surface area contributed by atoms with Gasteiger partial charge >= 0.3 is 17.9 Å². The Kier molecular flexibility index (Phi) is 18.0. The molecule has 2 aromatic rings. The number of nitrogens with two attached hydrogens (primary N) is 1. The van der Waals surface area contributed by atoms with Gasteiger partial charge in [-0.15, -0.1) is 0 Å². The van der Waals surface area contributed by atoms with E-state index in [0.717, 1.165) is 18.2 Å². The van der Waals surface area contributed by atoms with Crippen LogP contribution in [0.1, 0.15) is 49.7 Å². The summed E-state index contributed by atoms with van der Waals surface area (Å²) < 4.78 is 14.7. The largest absolute Gasteiger partial charge is 0.481 e. The molecule has 0 aromatic heterocycles. The molecule has 4 atom stereocenters. The molecule has 0 aliphatic heterocycles. The summed E-state index contributed by atoms with van der Waals surface area (Å²) in [5.74, 6) is -10.9. The molecule has 302 valence electrons. The molecule has 0 saturated heterocycles. The third kappa shape index (κ3) is 16.3. The summed E-state index contributed by atoms with van der Waals surface area (Å²) >= 11 is 0. The first kappa shape index (κ1) is 45.2. The number of rotatable bonds is 24. The van der Waals surface area contributed by atoms with Crippen molar-refractivity contribution in [3.63, 3.8) is 0 Å². The van der Waals surface area contributed by atoms with E-state index in [-0.39, 0.29) is 23.2 Å². The third-order valence-electron chi connectivity index (χ3n) is 7.85. The van der Waals surface area contributed by atoms with Crippen molar-refractivity contribution in [2.75, 3.05) is 6.54 Å². The molecule has 0 bridgehead atoms. The number of benzene rings is 2. The highest BCUT2D eigenvalue weighted by molar-refractivity contribution is 5.96. The maximum absolute atomic E-state index is 14.7. The number of hydrogen-bond acceptors (Lipinski definition) is 11. The van der Waals surface area contributed by atoms with Crippen molar-refractivity contribution in [2.24, 2.45) is 5.73 Å². The van der Waals surface area contributed by atoms with Crippen molar-refractivity contribution in [3.8, 4) is 0 Å². The normalized spacial score (nSPS) is 12.7. The summed E-state index contributed by atoms with van der Waals surface area (Å²) in [7, 11) is 0. The number of nitro benzene ring substituents is 1. The van der Waals surface area contributed by atoms with Crippen molar-refractivity contribution in [1.82, 2.24) is 26.6 Å². The Hall–Kier alpha value is -7.00. The van der Waals surface area contributed by atoms with Gasteiger partial charge in [0.15, 0.2) is 0 Å². The first-order valence-electron chi connectivity index (χ1n) is 16.7. The number of hydrogen-bond donors (Lipinski definition) is 9. The zero-order valence-corrected chi connectivity index (χ0v) is 29.5. The topological polar surface area (TPSA) is 344 Å². The van der Waals surface area contributed by atoms with Gasteiger partial charge in [-0.1, -0.05) is 30.3 Å². The van der Waals surface area contributed by atoms with E-state index in [1.165, 1.54) is 30.3 Å². The fourth-order valence-corrected chi connectivity index (χ4v) is 4.95. The maximum Gasteiger partial charge on any atom is 0.303 e. The van der Waals surface area contributed by atoms with Crippen LogP contribution in [0.2, 0.25) is 0 Å². The summed E-state index contributed by atoms with van der Waals surface area (Å²) in [6, 6.07) is 3.67. The highest BCUT2D eigenvalue weighted by atomic mass is 19.1. The molecule has 56 heavy (non-hydrogen) atoms. The Morgan fingerprint density at radius 3 is 1.70 bits per heavy atom. The first-order valence-corrected chi connectivity index (χ1v) is 16.7. The first-order chi connectivity index (χ1) is 26.4. The van der Waals surface area contributed by atoms with Crippen LogP contribution in [0.15, 0.2) is 48.5 Å². The van der Waals surface area contributed by atoms with E-state index in [9.17, 15) is 57.7 Å². The van der Waals surface area contributed by atoms with Crippen LogP contribution in [-0.4, -0.2) is 104 Å². The number of halogens is 1. The van der Waals surface area contributed by atoms with Crippen LogP contribution >= 0.6 is 0 Å². The predicted octanol–water partition coefficient (Wildman–Crippen LogP) is -1.35. The average molecular weight is 790 g/mol. The lowest BCUT2D eigenvalue weighted by Crippen LogP contribution is -2.58. The Labute approximate surface area is 316 Å². The zero-order chi connectivity index (χ0) is 41.9. The molecule has 0 aliphatic carbocycles. The number of aliphatic carboxylic acids is 3. The van der Waals surface area contributed by atoms with Crippen LogP contribution in [0.4, 0.5) is 10.1 Å². The molecule has 0 aliphatic rings. The van der Waals surface area contributed by atoms with Gasteiger partial charge in [0, 0.05) is 44.2 Å². The number of nitrogens with one attached hydrogen (secondary N) is 5. The van der Waals surface area contributed by atoms with Gasteiger partial charge in [0.2, 0.25) is 35.4 Å². The van der Waals surface area contributed by atoms with Crippen LogP contribution in [0, 0.1) is 15.9 Å². The molecule has 2 aromatic carbocycles. The lowest BCUT2D eigenvalue weighted by atomic mass is 10.0. The summed E-state index contributed by atoms with van der Waals surface area (Å²) in [5, 5.41) is 49.3. The molecular weight excluding hydrogens is 749 g/mol. The molecule has 10 N–H and O–H groups in total. The second-order valence-corrected chi connectivity index (χ2v) is 12.2. The van der Waals surface area contributed by atoms with E-state index in [1.807, 2.05) is 0 Å². The quantitative estimate of drug-likeness (QED) is 0.0439. The molecule has 22 heteroatoms. The van der Waals surface area contributed by atoms with Gasteiger partial charge in [-0.3, -0.25) is 53.3 Å². The number of amides is 6. The molecule has 0 saturated carbocycles. The average Bonchev–Trinajstić information content (AvgIpc) is 3.13. The SMILES string of the molecule is NC(=O)[C@H](CCC(=O)O)NC(=O)[C@H](Cc1ccc([N+](=O)[O-])cc1)NC(=O)[C@H](Cc1ccccc1F)NC(=O)CNC(=O)[C@H](CCC(=O)O)NC(=O)CCC(=O)O. The number of carbonyl (C=O) groups excluding carboxylic acids is 6. The minimum absolute atomic E-state index is 0.0753. The fourth-order valence-electron chi connectivity index (χ4n) is 4.95. The van der Waals surface area contributed by atoms with Gasteiger partial charge in [-0.05, 0) is 30.0 Å². The Morgan fingerprint density at radius 2 is 1.16 bits per heavy atom. The van der Waals surface area contributed by atoms with Gasteiger partial charge in [-0.25, -0.2) is 4.39 Å². The highest BCUT2D eigenvalue weighted by Crippen LogP contribution is 2.15. The van der Waals surface area contributed by atoms with E-state index < -0.39 is 140 Å². The van der Waals surface area contributed by atoms with Gasteiger partial charge in [0.05, 0.1) is 17.9 Å². The van der Waals surface area contributed by atoms with Gasteiger partial charge in [0.1, 0.15) is 30.0 Å². The fraction of sp³-hybridized carbons (Fsp3) is 0.382. The maximum atomic E-state index is 14.7. The number of non-ortho nitro benzene ring substituents is 1. The highest BCUT2D eigenvalue weighted by Gasteiger charge is 2.31. The van der Waals surface area contributed by atoms with Crippen molar-refractivity contribution in [2.45, 2.75) is 75.5 Å². The molecule has 2 rings (SSSR count). The van der Waals surface area contributed by atoms with E-state index in [1.54, 1.807) is 0 Å². The minimum Gasteiger partial charge on any atom is -0.481 e. The molecule has 0 unspecified atom stereocenters. The van der Waals surface area contributed by atoms with Gasteiger partial charge in [0.25, 0.3) is 5.69 Å². The molecule has 21 nitrogen and oxygen atoms in total. The van der Waals surface area contributed by atoms with E-state index in [0.29, 0.717) is 0 Å². The van der Waals surface area contributed by atoms with Gasteiger partial charge in [-0.2, -0.15) is 0 Å². The second kappa shape index (κ2) is 22.3. The number of primary amides is 1. The second-order valence-electron chi connectivity index (χ2n) is 12.2. The minimum atomic E-state index is -1.67. The summed E-state index contributed by atoms with van der Waals surface area (Å²) in [5.41, 5.74) is 5.23. The number of carbonyl (C=O) groups is 9. The molecule has 0 radical (unpaired) electrons. The van der Waals surface area contributed by atoms with Crippen molar-refractivity contribution >= 4 is 59.0 Å². The van der Waals surface area contributed by atoms with Crippen LogP contribution in [-0.2, 0) is 56.0 Å². The van der Waals surface area contributed by atoms with Crippen LogP contribution in [0.25, 0.3) is 0 Å². The molecule has 6 amide bonds.